The molecule has 1 heterocycles. The minimum atomic E-state index is 0.318. The second-order valence-electron chi connectivity index (χ2n) is 4.73. The van der Waals surface area contributed by atoms with Gasteiger partial charge >= 0.3 is 0 Å². The Labute approximate surface area is 127 Å². The summed E-state index contributed by atoms with van der Waals surface area (Å²) in [4.78, 5) is 4.40. The Morgan fingerprint density at radius 2 is 2.15 bits per heavy atom. The normalized spacial score (nSPS) is 12.0. The van der Waals surface area contributed by atoms with Crippen LogP contribution in [0.2, 0.25) is 0 Å². The SMILES string of the molecule is CCC(C)Nc1nncc(Nc2ccc(C)cc2Br)n1. The van der Waals surface area contributed by atoms with Gasteiger partial charge in [-0.25, -0.2) is 0 Å². The Balaban J connectivity index is 2.15. The minimum Gasteiger partial charge on any atom is -0.350 e. The van der Waals surface area contributed by atoms with Gasteiger partial charge in [-0.15, -0.1) is 5.10 Å². The zero-order chi connectivity index (χ0) is 14.5. The minimum absolute atomic E-state index is 0.318. The summed E-state index contributed by atoms with van der Waals surface area (Å²) in [6.07, 6.45) is 2.61. The molecule has 1 aromatic heterocycles. The lowest BCUT2D eigenvalue weighted by molar-refractivity contribution is 0.746. The first-order valence-electron chi connectivity index (χ1n) is 6.58. The van der Waals surface area contributed by atoms with Crippen LogP contribution in [0.15, 0.2) is 28.9 Å². The van der Waals surface area contributed by atoms with E-state index in [1.165, 1.54) is 5.56 Å². The van der Waals surface area contributed by atoms with E-state index in [0.717, 1.165) is 16.6 Å². The molecule has 0 bridgehead atoms. The lowest BCUT2D eigenvalue weighted by Gasteiger charge is -2.12. The number of halogens is 1. The number of nitrogens with zero attached hydrogens (tertiary/aromatic N) is 3. The van der Waals surface area contributed by atoms with E-state index in [0.29, 0.717) is 17.8 Å². The molecule has 20 heavy (non-hydrogen) atoms. The van der Waals surface area contributed by atoms with Crippen molar-refractivity contribution in [2.45, 2.75) is 33.2 Å². The Morgan fingerprint density at radius 3 is 2.85 bits per heavy atom. The van der Waals surface area contributed by atoms with Gasteiger partial charge in [-0.05, 0) is 53.9 Å². The molecule has 2 N–H and O–H groups in total. The Kier molecular flexibility index (Phi) is 4.89. The predicted octanol–water partition coefficient (Wildman–Crippen LogP) is 3.90. The smallest absolute Gasteiger partial charge is 0.244 e. The summed E-state index contributed by atoms with van der Waals surface area (Å²) in [7, 11) is 0. The van der Waals surface area contributed by atoms with Crippen LogP contribution < -0.4 is 10.6 Å². The largest absolute Gasteiger partial charge is 0.350 e. The first kappa shape index (κ1) is 14.7. The van der Waals surface area contributed by atoms with Crippen LogP contribution in [0.1, 0.15) is 25.8 Å². The van der Waals surface area contributed by atoms with Crippen molar-refractivity contribution in [1.29, 1.82) is 0 Å². The van der Waals surface area contributed by atoms with Crippen LogP contribution in [0, 0.1) is 6.92 Å². The van der Waals surface area contributed by atoms with Crippen molar-refractivity contribution in [2.75, 3.05) is 10.6 Å². The Hall–Kier alpha value is -1.69. The van der Waals surface area contributed by atoms with Gasteiger partial charge in [0.1, 0.15) is 0 Å². The van der Waals surface area contributed by atoms with Gasteiger partial charge in [0.2, 0.25) is 5.95 Å². The highest BCUT2D eigenvalue weighted by Gasteiger charge is 2.06. The zero-order valence-electron chi connectivity index (χ0n) is 11.8. The van der Waals surface area contributed by atoms with Gasteiger partial charge < -0.3 is 10.6 Å². The van der Waals surface area contributed by atoms with E-state index in [2.05, 4.69) is 68.6 Å². The van der Waals surface area contributed by atoms with Crippen molar-refractivity contribution in [1.82, 2.24) is 15.2 Å². The third kappa shape index (κ3) is 3.90. The van der Waals surface area contributed by atoms with E-state index in [1.807, 2.05) is 12.1 Å². The number of rotatable bonds is 5. The van der Waals surface area contributed by atoms with Gasteiger partial charge in [-0.3, -0.25) is 0 Å². The second kappa shape index (κ2) is 6.65. The molecule has 0 saturated heterocycles. The van der Waals surface area contributed by atoms with Crippen molar-refractivity contribution in [2.24, 2.45) is 0 Å². The monoisotopic (exact) mass is 335 g/mol. The van der Waals surface area contributed by atoms with Crippen molar-refractivity contribution in [3.63, 3.8) is 0 Å². The Bertz CT molecular complexity index is 588. The fraction of sp³-hybridized carbons (Fsp3) is 0.357. The second-order valence-corrected chi connectivity index (χ2v) is 5.58. The number of aryl methyl sites for hydroxylation is 1. The van der Waals surface area contributed by atoms with Crippen LogP contribution in [-0.2, 0) is 0 Å². The molecule has 0 radical (unpaired) electrons. The first-order chi connectivity index (χ1) is 9.58. The van der Waals surface area contributed by atoms with Gasteiger partial charge in [0.05, 0.1) is 11.9 Å². The van der Waals surface area contributed by atoms with Gasteiger partial charge in [-0.2, -0.15) is 10.1 Å². The van der Waals surface area contributed by atoms with Crippen LogP contribution >= 0.6 is 15.9 Å². The summed E-state index contributed by atoms with van der Waals surface area (Å²) in [6.45, 7) is 6.24. The number of benzene rings is 1. The summed E-state index contributed by atoms with van der Waals surface area (Å²) < 4.78 is 0.993. The first-order valence-corrected chi connectivity index (χ1v) is 7.37. The van der Waals surface area contributed by atoms with Gasteiger partial charge in [0.15, 0.2) is 5.82 Å². The number of aromatic nitrogens is 3. The maximum atomic E-state index is 4.40. The molecule has 5 nitrogen and oxygen atoms in total. The molecule has 0 aliphatic heterocycles. The highest BCUT2D eigenvalue weighted by Crippen LogP contribution is 2.25. The third-order valence-electron chi connectivity index (χ3n) is 2.93. The molecule has 0 aliphatic carbocycles. The molecule has 0 spiro atoms. The highest BCUT2D eigenvalue weighted by molar-refractivity contribution is 9.10. The summed E-state index contributed by atoms with van der Waals surface area (Å²) in [5.41, 5.74) is 2.15. The molecular weight excluding hydrogens is 318 g/mol. The molecule has 6 heteroatoms. The maximum Gasteiger partial charge on any atom is 0.244 e. The van der Waals surface area contributed by atoms with Gasteiger partial charge in [-0.1, -0.05) is 13.0 Å². The van der Waals surface area contributed by atoms with Crippen molar-refractivity contribution < 1.29 is 0 Å². The maximum absolute atomic E-state index is 4.40. The van der Waals surface area contributed by atoms with Crippen molar-refractivity contribution in [3.05, 3.63) is 34.4 Å². The van der Waals surface area contributed by atoms with E-state index in [1.54, 1.807) is 6.20 Å². The lowest BCUT2D eigenvalue weighted by Crippen LogP contribution is -2.16. The molecule has 0 fully saturated rings. The van der Waals surface area contributed by atoms with Crippen LogP contribution in [0.5, 0.6) is 0 Å². The highest BCUT2D eigenvalue weighted by atomic mass is 79.9. The average molecular weight is 336 g/mol. The van der Waals surface area contributed by atoms with E-state index in [9.17, 15) is 0 Å². The molecule has 0 amide bonds. The van der Waals surface area contributed by atoms with Gasteiger partial charge in [0.25, 0.3) is 0 Å². The molecule has 1 aromatic carbocycles. The molecule has 2 aromatic rings. The molecular formula is C14H18BrN5. The van der Waals surface area contributed by atoms with Crippen molar-refractivity contribution in [3.8, 4) is 0 Å². The molecule has 0 aliphatic rings. The fourth-order valence-corrected chi connectivity index (χ4v) is 2.20. The van der Waals surface area contributed by atoms with E-state index >= 15 is 0 Å². The van der Waals surface area contributed by atoms with Gasteiger partial charge in [0, 0.05) is 10.5 Å². The quantitative estimate of drug-likeness (QED) is 0.867. The number of nitrogens with one attached hydrogen (secondary N) is 2. The molecule has 0 saturated carbocycles. The Morgan fingerprint density at radius 1 is 1.35 bits per heavy atom. The molecule has 1 unspecified atom stereocenters. The number of hydrogen-bond acceptors (Lipinski definition) is 5. The predicted molar refractivity (Wildman–Crippen MR) is 85.4 cm³/mol. The average Bonchev–Trinajstić information content (AvgIpc) is 2.42. The number of hydrogen-bond donors (Lipinski definition) is 2. The summed E-state index contributed by atoms with van der Waals surface area (Å²) in [5, 5.41) is 14.4. The van der Waals surface area contributed by atoms with Crippen LogP contribution in [0.25, 0.3) is 0 Å². The molecule has 1 atom stereocenters. The lowest BCUT2D eigenvalue weighted by atomic mass is 10.2. The summed E-state index contributed by atoms with van der Waals surface area (Å²) >= 11 is 3.53. The van der Waals surface area contributed by atoms with Crippen LogP contribution in [-0.4, -0.2) is 21.2 Å². The van der Waals surface area contributed by atoms with E-state index in [-0.39, 0.29) is 0 Å². The number of anilines is 3. The summed E-state index contributed by atoms with van der Waals surface area (Å²) in [6, 6.07) is 6.41. The van der Waals surface area contributed by atoms with Crippen LogP contribution in [0.3, 0.4) is 0 Å². The van der Waals surface area contributed by atoms with E-state index < -0.39 is 0 Å². The zero-order valence-corrected chi connectivity index (χ0v) is 13.4. The van der Waals surface area contributed by atoms with E-state index in [4.69, 9.17) is 0 Å². The molecule has 106 valence electrons. The van der Waals surface area contributed by atoms with Crippen molar-refractivity contribution >= 4 is 33.4 Å². The summed E-state index contributed by atoms with van der Waals surface area (Å²) in [5.74, 6) is 1.20. The van der Waals surface area contributed by atoms with Crippen LogP contribution in [0.4, 0.5) is 17.5 Å². The molecule has 2 rings (SSSR count). The fourth-order valence-electron chi connectivity index (χ4n) is 1.61. The third-order valence-corrected chi connectivity index (χ3v) is 3.59. The standard InChI is InChI=1S/C14H18BrN5/c1-4-10(3)17-14-19-13(8-16-20-14)18-12-6-5-9(2)7-11(12)15/h5-8,10H,4H2,1-3H3,(H2,17,18,19,20). The topological polar surface area (TPSA) is 62.7 Å².